The van der Waals surface area contributed by atoms with Crippen molar-refractivity contribution < 1.29 is 14.3 Å². The molecule has 0 fully saturated rings. The first-order valence-corrected chi connectivity index (χ1v) is 11.2. The van der Waals surface area contributed by atoms with E-state index in [-0.39, 0.29) is 12.1 Å². The number of nitrogens with one attached hydrogen (secondary N) is 1. The summed E-state index contributed by atoms with van der Waals surface area (Å²) < 4.78 is 12.9. The molecule has 4 aromatic rings. The third-order valence-corrected chi connectivity index (χ3v) is 6.61. The van der Waals surface area contributed by atoms with Crippen molar-refractivity contribution in [2.75, 3.05) is 19.5 Å². The van der Waals surface area contributed by atoms with Crippen molar-refractivity contribution in [3.05, 3.63) is 94.4 Å². The molecule has 1 unspecified atom stereocenters. The van der Waals surface area contributed by atoms with Crippen LogP contribution in [0.4, 0.5) is 10.5 Å². The molecule has 7 heteroatoms. The van der Waals surface area contributed by atoms with Gasteiger partial charge in [0.1, 0.15) is 17.5 Å². The number of carbonyl (C=O) groups excluding carboxylic acids is 1. The van der Waals surface area contributed by atoms with Crippen LogP contribution in [0.5, 0.6) is 11.5 Å². The van der Waals surface area contributed by atoms with Crippen molar-refractivity contribution in [1.29, 1.82) is 0 Å². The largest absolute Gasteiger partial charge is 0.497 e. The van der Waals surface area contributed by atoms with E-state index in [4.69, 9.17) is 9.47 Å². The minimum atomic E-state index is -0.221. The van der Waals surface area contributed by atoms with Crippen LogP contribution < -0.4 is 14.8 Å². The number of para-hydroxylation sites is 1. The number of fused-ring (bicyclic) bond motifs is 3. The van der Waals surface area contributed by atoms with E-state index in [9.17, 15) is 4.79 Å². The molecule has 2 aromatic heterocycles. The zero-order valence-corrected chi connectivity index (χ0v) is 18.6. The Morgan fingerprint density at radius 2 is 1.91 bits per heavy atom. The fourth-order valence-electron chi connectivity index (χ4n) is 4.17. The SMILES string of the molecule is COc1ccc(NC(=O)N2Cc3ccccc3-n3cccc3C2c2cccs2)c(OC)c1. The van der Waals surface area contributed by atoms with Crippen LogP contribution in [0.2, 0.25) is 0 Å². The van der Waals surface area contributed by atoms with E-state index in [0.717, 1.165) is 21.8 Å². The number of thiophene rings is 1. The van der Waals surface area contributed by atoms with Gasteiger partial charge >= 0.3 is 6.03 Å². The van der Waals surface area contributed by atoms with Gasteiger partial charge in [0.2, 0.25) is 0 Å². The molecule has 2 amide bonds. The van der Waals surface area contributed by atoms with Gasteiger partial charge in [-0.1, -0.05) is 24.3 Å². The fraction of sp³-hybridized carbons (Fsp3) is 0.160. The van der Waals surface area contributed by atoms with Gasteiger partial charge in [0.25, 0.3) is 0 Å². The quantitative estimate of drug-likeness (QED) is 0.439. The summed E-state index contributed by atoms with van der Waals surface area (Å²) in [6, 6.07) is 21.4. The summed E-state index contributed by atoms with van der Waals surface area (Å²) in [5, 5.41) is 5.10. The minimum Gasteiger partial charge on any atom is -0.497 e. The Bertz CT molecular complexity index is 1250. The molecular formula is C25H23N3O3S. The third-order valence-electron chi connectivity index (χ3n) is 5.69. The number of anilines is 1. The van der Waals surface area contributed by atoms with Gasteiger partial charge in [0, 0.05) is 17.1 Å². The van der Waals surface area contributed by atoms with Gasteiger partial charge in [-0.05, 0) is 47.3 Å². The number of hydrogen-bond acceptors (Lipinski definition) is 4. The molecule has 0 bridgehead atoms. The smallest absolute Gasteiger partial charge is 0.323 e. The Morgan fingerprint density at radius 3 is 2.69 bits per heavy atom. The molecule has 0 radical (unpaired) electrons. The summed E-state index contributed by atoms with van der Waals surface area (Å²) >= 11 is 1.65. The second-order valence-corrected chi connectivity index (χ2v) is 8.45. The maximum absolute atomic E-state index is 13.7. The second kappa shape index (κ2) is 8.43. The van der Waals surface area contributed by atoms with Gasteiger partial charge in [0.05, 0.1) is 37.8 Å². The lowest BCUT2D eigenvalue weighted by atomic mass is 10.1. The summed E-state index contributed by atoms with van der Waals surface area (Å²) in [7, 11) is 3.18. The van der Waals surface area contributed by atoms with Crippen molar-refractivity contribution in [2.24, 2.45) is 0 Å². The Morgan fingerprint density at radius 1 is 1.03 bits per heavy atom. The highest BCUT2D eigenvalue weighted by Crippen LogP contribution is 2.39. The van der Waals surface area contributed by atoms with Crippen molar-refractivity contribution in [3.63, 3.8) is 0 Å². The number of carbonyl (C=O) groups is 1. The zero-order valence-electron chi connectivity index (χ0n) is 17.8. The van der Waals surface area contributed by atoms with E-state index in [2.05, 4.69) is 40.3 Å². The minimum absolute atomic E-state index is 0.198. The van der Waals surface area contributed by atoms with Crippen molar-refractivity contribution in [2.45, 2.75) is 12.6 Å². The average Bonchev–Trinajstić information content (AvgIpc) is 3.50. The van der Waals surface area contributed by atoms with Crippen LogP contribution in [0, 0.1) is 0 Å². The molecule has 0 aliphatic carbocycles. The van der Waals surface area contributed by atoms with Gasteiger partial charge in [0.15, 0.2) is 0 Å². The van der Waals surface area contributed by atoms with Crippen molar-refractivity contribution >= 4 is 23.1 Å². The molecule has 5 rings (SSSR count). The normalized spacial score (nSPS) is 14.8. The van der Waals surface area contributed by atoms with Crippen LogP contribution in [0.25, 0.3) is 5.69 Å². The Kier molecular flexibility index (Phi) is 5.33. The summed E-state index contributed by atoms with van der Waals surface area (Å²) in [5.41, 5.74) is 3.82. The van der Waals surface area contributed by atoms with Crippen LogP contribution in [-0.4, -0.2) is 29.7 Å². The van der Waals surface area contributed by atoms with Crippen molar-refractivity contribution in [3.8, 4) is 17.2 Å². The molecule has 1 N–H and O–H groups in total. The molecular weight excluding hydrogens is 422 g/mol. The highest BCUT2D eigenvalue weighted by Gasteiger charge is 2.33. The van der Waals surface area contributed by atoms with E-state index in [0.29, 0.717) is 23.7 Å². The van der Waals surface area contributed by atoms with E-state index in [1.165, 1.54) is 0 Å². The van der Waals surface area contributed by atoms with E-state index >= 15 is 0 Å². The van der Waals surface area contributed by atoms with Gasteiger partial charge in [-0.25, -0.2) is 4.79 Å². The third kappa shape index (κ3) is 3.50. The molecule has 1 aliphatic heterocycles. The number of rotatable bonds is 4. The van der Waals surface area contributed by atoms with Crippen molar-refractivity contribution in [1.82, 2.24) is 9.47 Å². The number of methoxy groups -OCH3 is 2. The second-order valence-electron chi connectivity index (χ2n) is 7.47. The van der Waals surface area contributed by atoms with Gasteiger partial charge in [-0.3, -0.25) is 0 Å². The Labute approximate surface area is 190 Å². The first kappa shape index (κ1) is 20.2. The standard InChI is InChI=1S/C25H23N3O3S/c1-30-18-11-12-19(22(15-18)31-2)26-25(29)28-16-17-7-3-4-8-20(17)27-13-5-9-21(27)24(28)23-10-6-14-32-23/h3-15,24H,16H2,1-2H3,(H,26,29). The van der Waals surface area contributed by atoms with Gasteiger partial charge in [-0.2, -0.15) is 0 Å². The molecule has 2 aromatic carbocycles. The molecule has 3 heterocycles. The molecule has 162 valence electrons. The number of benzene rings is 2. The Hall–Kier alpha value is -3.71. The van der Waals surface area contributed by atoms with Gasteiger partial charge < -0.3 is 24.3 Å². The first-order valence-electron chi connectivity index (χ1n) is 10.3. The first-order chi connectivity index (χ1) is 15.7. The molecule has 6 nitrogen and oxygen atoms in total. The molecule has 1 atom stereocenters. The number of nitrogens with zero attached hydrogens (tertiary/aromatic N) is 2. The highest BCUT2D eigenvalue weighted by molar-refractivity contribution is 7.10. The summed E-state index contributed by atoms with van der Waals surface area (Å²) in [4.78, 5) is 16.7. The number of ether oxygens (including phenoxy) is 2. The maximum Gasteiger partial charge on any atom is 0.323 e. The number of amides is 2. The summed E-state index contributed by atoms with van der Waals surface area (Å²) in [6.07, 6.45) is 2.06. The van der Waals surface area contributed by atoms with Gasteiger partial charge in [-0.15, -0.1) is 11.3 Å². The predicted molar refractivity (Wildman–Crippen MR) is 126 cm³/mol. The average molecular weight is 446 g/mol. The van der Waals surface area contributed by atoms with E-state index < -0.39 is 0 Å². The maximum atomic E-state index is 13.7. The highest BCUT2D eigenvalue weighted by atomic mass is 32.1. The summed E-state index contributed by atoms with van der Waals surface area (Å²) in [5.74, 6) is 1.21. The number of urea groups is 1. The zero-order chi connectivity index (χ0) is 22.1. The van der Waals surface area contributed by atoms with Crippen LogP contribution in [-0.2, 0) is 6.54 Å². The molecule has 32 heavy (non-hydrogen) atoms. The summed E-state index contributed by atoms with van der Waals surface area (Å²) in [6.45, 7) is 0.477. The predicted octanol–water partition coefficient (Wildman–Crippen LogP) is 5.69. The van der Waals surface area contributed by atoms with E-state index in [1.54, 1.807) is 43.8 Å². The fourth-order valence-corrected chi connectivity index (χ4v) is 5.02. The molecule has 0 saturated heterocycles. The van der Waals surface area contributed by atoms with Crippen LogP contribution in [0.15, 0.2) is 78.3 Å². The number of aromatic nitrogens is 1. The van der Waals surface area contributed by atoms with E-state index in [1.807, 2.05) is 34.5 Å². The topological polar surface area (TPSA) is 55.7 Å². The Balaban J connectivity index is 1.58. The van der Waals surface area contributed by atoms with Crippen LogP contribution >= 0.6 is 11.3 Å². The lowest BCUT2D eigenvalue weighted by molar-refractivity contribution is 0.195. The van der Waals surface area contributed by atoms with Crippen LogP contribution in [0.3, 0.4) is 0 Å². The molecule has 1 aliphatic rings. The molecule has 0 saturated carbocycles. The lowest BCUT2D eigenvalue weighted by Gasteiger charge is -2.30. The number of hydrogen-bond donors (Lipinski definition) is 1. The monoisotopic (exact) mass is 445 g/mol. The van der Waals surface area contributed by atoms with Crippen LogP contribution in [0.1, 0.15) is 22.2 Å². The lowest BCUT2D eigenvalue weighted by Crippen LogP contribution is -2.37. The molecule has 0 spiro atoms.